The SMILES string of the molecule is Cc1csc(C(C)(O)c2nnc(Nc3ccc(Br)c(C)n3)s2)n1. The number of aromatic nitrogens is 4. The second kappa shape index (κ2) is 6.23. The number of halogens is 1. The Morgan fingerprint density at radius 1 is 1.17 bits per heavy atom. The van der Waals surface area contributed by atoms with Crippen molar-refractivity contribution in [2.75, 3.05) is 5.32 Å². The number of pyridine rings is 1. The number of nitrogens with one attached hydrogen (secondary N) is 1. The number of hydrogen-bond donors (Lipinski definition) is 2. The van der Waals surface area contributed by atoms with Gasteiger partial charge in [-0.2, -0.15) is 0 Å². The highest BCUT2D eigenvalue weighted by atomic mass is 79.9. The Balaban J connectivity index is 1.83. The second-order valence-corrected chi connectivity index (χ2v) is 7.86. The van der Waals surface area contributed by atoms with Gasteiger partial charge >= 0.3 is 0 Å². The Hall–Kier alpha value is -1.42. The van der Waals surface area contributed by atoms with Gasteiger partial charge in [0.1, 0.15) is 10.8 Å². The molecule has 0 saturated carbocycles. The molecule has 6 nitrogen and oxygen atoms in total. The molecule has 0 fully saturated rings. The number of thiazole rings is 1. The molecule has 0 aliphatic rings. The molecule has 0 aromatic carbocycles. The Bertz CT molecular complexity index is 845. The summed E-state index contributed by atoms with van der Waals surface area (Å²) in [6.07, 6.45) is 0. The lowest BCUT2D eigenvalue weighted by Crippen LogP contribution is -2.22. The van der Waals surface area contributed by atoms with Gasteiger partial charge in [0.15, 0.2) is 10.6 Å². The van der Waals surface area contributed by atoms with Gasteiger partial charge in [0.2, 0.25) is 5.13 Å². The quantitative estimate of drug-likeness (QED) is 0.679. The maximum Gasteiger partial charge on any atom is 0.211 e. The zero-order valence-corrected chi connectivity index (χ0v) is 15.9. The molecule has 0 radical (unpaired) electrons. The van der Waals surface area contributed by atoms with Crippen molar-refractivity contribution in [3.05, 3.63) is 43.4 Å². The lowest BCUT2D eigenvalue weighted by Gasteiger charge is -2.16. The summed E-state index contributed by atoms with van der Waals surface area (Å²) in [5.74, 6) is 0.679. The summed E-state index contributed by atoms with van der Waals surface area (Å²) in [7, 11) is 0. The number of anilines is 2. The third-order valence-electron chi connectivity index (χ3n) is 3.13. The van der Waals surface area contributed by atoms with E-state index < -0.39 is 5.60 Å². The van der Waals surface area contributed by atoms with E-state index in [0.717, 1.165) is 15.9 Å². The van der Waals surface area contributed by atoms with Crippen LogP contribution in [0.5, 0.6) is 0 Å². The van der Waals surface area contributed by atoms with Gasteiger partial charge in [0.25, 0.3) is 0 Å². The molecule has 3 aromatic heterocycles. The van der Waals surface area contributed by atoms with Crippen molar-refractivity contribution in [3.63, 3.8) is 0 Å². The third kappa shape index (κ3) is 3.42. The number of nitrogens with zero attached hydrogens (tertiary/aromatic N) is 4. The van der Waals surface area contributed by atoms with Crippen LogP contribution in [-0.2, 0) is 5.60 Å². The Kier molecular flexibility index (Phi) is 4.45. The number of rotatable bonds is 4. The van der Waals surface area contributed by atoms with E-state index in [4.69, 9.17) is 0 Å². The van der Waals surface area contributed by atoms with Crippen molar-refractivity contribution in [2.24, 2.45) is 0 Å². The minimum Gasteiger partial charge on any atom is -0.376 e. The first kappa shape index (κ1) is 16.4. The molecule has 120 valence electrons. The molecule has 0 bridgehead atoms. The van der Waals surface area contributed by atoms with Crippen molar-refractivity contribution < 1.29 is 5.11 Å². The smallest absolute Gasteiger partial charge is 0.211 e. The van der Waals surface area contributed by atoms with Crippen LogP contribution in [-0.4, -0.2) is 25.3 Å². The van der Waals surface area contributed by atoms with Crippen molar-refractivity contribution in [2.45, 2.75) is 26.4 Å². The first-order valence-electron chi connectivity index (χ1n) is 6.75. The minimum atomic E-state index is -1.25. The molecule has 0 spiro atoms. The maximum atomic E-state index is 10.7. The van der Waals surface area contributed by atoms with Gasteiger partial charge in [-0.05, 0) is 48.8 Å². The maximum absolute atomic E-state index is 10.7. The van der Waals surface area contributed by atoms with Crippen LogP contribution in [0.4, 0.5) is 10.9 Å². The van der Waals surface area contributed by atoms with E-state index in [0.29, 0.717) is 21.0 Å². The number of aliphatic hydroxyl groups is 1. The Morgan fingerprint density at radius 3 is 2.61 bits per heavy atom. The van der Waals surface area contributed by atoms with E-state index in [9.17, 15) is 5.11 Å². The molecule has 9 heteroatoms. The minimum absolute atomic E-state index is 0.489. The molecule has 3 aromatic rings. The van der Waals surface area contributed by atoms with Crippen LogP contribution in [0.1, 0.15) is 28.3 Å². The summed E-state index contributed by atoms with van der Waals surface area (Å²) in [4.78, 5) is 8.75. The topological polar surface area (TPSA) is 83.8 Å². The van der Waals surface area contributed by atoms with Gasteiger partial charge in [0, 0.05) is 15.5 Å². The lowest BCUT2D eigenvalue weighted by atomic mass is 10.1. The van der Waals surface area contributed by atoms with Crippen LogP contribution in [0.2, 0.25) is 0 Å². The van der Waals surface area contributed by atoms with E-state index >= 15 is 0 Å². The number of hydrogen-bond acceptors (Lipinski definition) is 8. The molecule has 2 N–H and O–H groups in total. The average molecular weight is 412 g/mol. The molecule has 3 rings (SSSR count). The van der Waals surface area contributed by atoms with Gasteiger partial charge in [0.05, 0.1) is 5.69 Å². The average Bonchev–Trinajstić information content (AvgIpc) is 3.13. The van der Waals surface area contributed by atoms with Gasteiger partial charge in [-0.1, -0.05) is 11.3 Å². The molecule has 3 heterocycles. The summed E-state index contributed by atoms with van der Waals surface area (Å²) in [5.41, 5.74) is 0.507. The highest BCUT2D eigenvalue weighted by Gasteiger charge is 2.33. The standard InChI is InChI=1S/C14H14BrN5OS2/c1-7-6-22-11(16-7)14(3,21)12-19-20-13(23-12)18-10-5-4-9(15)8(2)17-10/h4-6,21H,1-3H3,(H,17,18,20). The van der Waals surface area contributed by atoms with Crippen LogP contribution in [0, 0.1) is 13.8 Å². The summed E-state index contributed by atoms with van der Waals surface area (Å²) >= 11 is 6.11. The number of aryl methyl sites for hydroxylation is 2. The molecule has 0 aliphatic heterocycles. The van der Waals surface area contributed by atoms with Gasteiger partial charge in [-0.15, -0.1) is 21.5 Å². The van der Waals surface area contributed by atoms with Crippen LogP contribution < -0.4 is 5.32 Å². The van der Waals surface area contributed by atoms with Crippen molar-refractivity contribution >= 4 is 49.6 Å². The fraction of sp³-hybridized carbons (Fsp3) is 0.286. The molecule has 0 saturated heterocycles. The molecule has 0 aliphatic carbocycles. The lowest BCUT2D eigenvalue weighted by molar-refractivity contribution is 0.101. The summed E-state index contributed by atoms with van der Waals surface area (Å²) in [6.45, 7) is 5.48. The molecular formula is C14H14BrN5OS2. The van der Waals surface area contributed by atoms with Gasteiger partial charge in [-0.25, -0.2) is 9.97 Å². The first-order valence-corrected chi connectivity index (χ1v) is 9.24. The molecule has 0 amide bonds. The van der Waals surface area contributed by atoms with Crippen molar-refractivity contribution in [1.29, 1.82) is 0 Å². The van der Waals surface area contributed by atoms with E-state index in [1.807, 2.05) is 31.4 Å². The van der Waals surface area contributed by atoms with Crippen LogP contribution in [0.15, 0.2) is 22.0 Å². The summed E-state index contributed by atoms with van der Waals surface area (Å²) < 4.78 is 0.947. The predicted octanol–water partition coefficient (Wildman–Crippen LogP) is 3.77. The fourth-order valence-corrected chi connectivity index (χ4v) is 3.80. The van der Waals surface area contributed by atoms with E-state index in [1.54, 1.807) is 6.92 Å². The van der Waals surface area contributed by atoms with E-state index in [1.165, 1.54) is 22.7 Å². The normalized spacial score (nSPS) is 13.8. The summed E-state index contributed by atoms with van der Waals surface area (Å²) in [6, 6.07) is 3.77. The van der Waals surface area contributed by atoms with E-state index in [2.05, 4.69) is 41.4 Å². The first-order chi connectivity index (χ1) is 10.9. The van der Waals surface area contributed by atoms with Crippen LogP contribution in [0.25, 0.3) is 0 Å². The molecule has 1 unspecified atom stereocenters. The van der Waals surface area contributed by atoms with Crippen LogP contribution >= 0.6 is 38.6 Å². The second-order valence-electron chi connectivity index (χ2n) is 5.17. The Labute approximate surface area is 149 Å². The van der Waals surface area contributed by atoms with Crippen molar-refractivity contribution in [1.82, 2.24) is 20.2 Å². The monoisotopic (exact) mass is 411 g/mol. The molecular weight excluding hydrogens is 398 g/mol. The Morgan fingerprint density at radius 2 is 1.96 bits per heavy atom. The zero-order chi connectivity index (χ0) is 16.6. The van der Waals surface area contributed by atoms with E-state index in [-0.39, 0.29) is 0 Å². The van der Waals surface area contributed by atoms with Crippen LogP contribution in [0.3, 0.4) is 0 Å². The van der Waals surface area contributed by atoms with Crippen molar-refractivity contribution in [3.8, 4) is 0 Å². The van der Waals surface area contributed by atoms with Gasteiger partial charge in [-0.3, -0.25) is 0 Å². The molecule has 1 atom stereocenters. The highest BCUT2D eigenvalue weighted by molar-refractivity contribution is 9.10. The predicted molar refractivity (Wildman–Crippen MR) is 95.4 cm³/mol. The zero-order valence-electron chi connectivity index (χ0n) is 12.7. The largest absolute Gasteiger partial charge is 0.376 e. The van der Waals surface area contributed by atoms with Gasteiger partial charge < -0.3 is 10.4 Å². The summed E-state index contributed by atoms with van der Waals surface area (Å²) in [5, 5.41) is 25.6. The highest BCUT2D eigenvalue weighted by Crippen LogP contribution is 2.35. The molecule has 23 heavy (non-hydrogen) atoms. The fourth-order valence-electron chi connectivity index (χ4n) is 1.86. The third-order valence-corrected chi connectivity index (χ3v) is 6.19.